The van der Waals surface area contributed by atoms with Crippen molar-refractivity contribution < 1.29 is 13.5 Å². The number of hydrogen-bond acceptors (Lipinski definition) is 1. The standard InChI is InChI=1S/C34H50F2O/c1-3-5-8-25-11-15-27(16-12-25)29-19-21-30(22-20-29)28-17-13-26(14-18-28)9-6-7-10-31-23-24-32(37-4-2)34(36)33(31)35/h6,9,11,15,23-30H,3-5,7-8,10,12-14,16-22H2,1-2H3/b9-6+. The van der Waals surface area contributed by atoms with Crippen LogP contribution in [0, 0.1) is 47.1 Å². The van der Waals surface area contributed by atoms with Crippen LogP contribution in [0.1, 0.15) is 109 Å². The molecule has 1 aromatic rings. The van der Waals surface area contributed by atoms with Gasteiger partial charge in [-0.15, -0.1) is 0 Å². The van der Waals surface area contributed by atoms with E-state index in [2.05, 4.69) is 31.2 Å². The molecular formula is C34H50F2O. The van der Waals surface area contributed by atoms with Crippen molar-refractivity contribution in [2.45, 2.75) is 110 Å². The van der Waals surface area contributed by atoms with Crippen molar-refractivity contribution in [1.82, 2.24) is 0 Å². The lowest BCUT2D eigenvalue weighted by atomic mass is 9.66. The predicted octanol–water partition coefficient (Wildman–Crippen LogP) is 10.2. The number of ether oxygens (including phenoxy) is 1. The van der Waals surface area contributed by atoms with Crippen molar-refractivity contribution in [3.05, 3.63) is 53.6 Å². The summed E-state index contributed by atoms with van der Waals surface area (Å²) in [6.07, 6.45) is 29.0. The quantitative estimate of drug-likeness (QED) is 0.268. The van der Waals surface area contributed by atoms with Gasteiger partial charge in [-0.2, -0.15) is 4.39 Å². The van der Waals surface area contributed by atoms with Gasteiger partial charge >= 0.3 is 0 Å². The second kappa shape index (κ2) is 14.5. The van der Waals surface area contributed by atoms with Crippen molar-refractivity contribution in [3.8, 4) is 5.75 Å². The Kier molecular flexibility index (Phi) is 11.1. The van der Waals surface area contributed by atoms with E-state index in [9.17, 15) is 8.78 Å². The molecule has 3 aliphatic carbocycles. The predicted molar refractivity (Wildman–Crippen MR) is 151 cm³/mol. The minimum Gasteiger partial charge on any atom is -0.491 e. The fraction of sp³-hybridized carbons (Fsp3) is 0.706. The zero-order valence-electron chi connectivity index (χ0n) is 23.4. The van der Waals surface area contributed by atoms with Gasteiger partial charge in [-0.3, -0.25) is 0 Å². The van der Waals surface area contributed by atoms with Gasteiger partial charge in [-0.05, 0) is 138 Å². The third kappa shape index (κ3) is 7.93. The highest BCUT2D eigenvalue weighted by Crippen LogP contribution is 2.45. The van der Waals surface area contributed by atoms with Gasteiger partial charge in [0.05, 0.1) is 6.61 Å². The average Bonchev–Trinajstić information content (AvgIpc) is 2.94. The number of unbranched alkanes of at least 4 members (excludes halogenated alkanes) is 1. The zero-order valence-corrected chi connectivity index (χ0v) is 23.4. The fourth-order valence-corrected chi connectivity index (χ4v) is 7.41. The molecule has 4 rings (SSSR count). The molecule has 0 aliphatic heterocycles. The zero-order chi connectivity index (χ0) is 26.0. The molecule has 0 heterocycles. The number of halogens is 2. The van der Waals surface area contributed by atoms with Gasteiger partial charge < -0.3 is 4.74 Å². The monoisotopic (exact) mass is 512 g/mol. The van der Waals surface area contributed by atoms with E-state index >= 15 is 0 Å². The molecule has 1 aromatic carbocycles. The summed E-state index contributed by atoms with van der Waals surface area (Å²) >= 11 is 0. The number of rotatable bonds is 11. The smallest absolute Gasteiger partial charge is 0.200 e. The molecule has 0 saturated heterocycles. The Morgan fingerprint density at radius 3 is 2.16 bits per heavy atom. The Labute approximate surface area is 225 Å². The van der Waals surface area contributed by atoms with E-state index < -0.39 is 11.6 Å². The summed E-state index contributed by atoms with van der Waals surface area (Å²) in [7, 11) is 0. The van der Waals surface area contributed by atoms with Crippen molar-refractivity contribution in [2.75, 3.05) is 6.61 Å². The summed E-state index contributed by atoms with van der Waals surface area (Å²) in [5.41, 5.74) is 0.435. The summed E-state index contributed by atoms with van der Waals surface area (Å²) in [5.74, 6) is 3.56. The third-order valence-electron chi connectivity index (χ3n) is 9.75. The molecule has 2 atom stereocenters. The Balaban J connectivity index is 1.14. The number of hydrogen-bond donors (Lipinski definition) is 0. The highest BCUT2D eigenvalue weighted by Gasteiger charge is 2.33. The van der Waals surface area contributed by atoms with Crippen molar-refractivity contribution >= 4 is 0 Å². The van der Waals surface area contributed by atoms with Gasteiger partial charge in [0.25, 0.3) is 0 Å². The van der Waals surface area contributed by atoms with Crippen LogP contribution >= 0.6 is 0 Å². The molecule has 0 spiro atoms. The number of benzene rings is 1. The van der Waals surface area contributed by atoms with Crippen molar-refractivity contribution in [3.63, 3.8) is 0 Å². The first-order chi connectivity index (χ1) is 18.1. The van der Waals surface area contributed by atoms with Crippen LogP contribution in [0.4, 0.5) is 8.78 Å². The maximum absolute atomic E-state index is 14.3. The minimum atomic E-state index is -0.859. The lowest BCUT2D eigenvalue weighted by molar-refractivity contribution is 0.136. The van der Waals surface area contributed by atoms with Crippen LogP contribution in [0.25, 0.3) is 0 Å². The van der Waals surface area contributed by atoms with Gasteiger partial charge in [0.15, 0.2) is 11.6 Å². The average molecular weight is 513 g/mol. The summed E-state index contributed by atoms with van der Waals surface area (Å²) in [5, 5.41) is 0. The topological polar surface area (TPSA) is 9.23 Å². The normalized spacial score (nSPS) is 30.6. The highest BCUT2D eigenvalue weighted by molar-refractivity contribution is 5.31. The molecule has 0 amide bonds. The van der Waals surface area contributed by atoms with Crippen LogP contribution in [0.5, 0.6) is 5.75 Å². The second-order valence-electron chi connectivity index (χ2n) is 12.1. The molecule has 0 N–H and O–H groups in total. The first-order valence-electron chi connectivity index (χ1n) is 15.5. The molecule has 37 heavy (non-hydrogen) atoms. The number of aryl methyl sites for hydroxylation is 1. The van der Waals surface area contributed by atoms with Gasteiger partial charge in [0, 0.05) is 0 Å². The molecule has 2 saturated carbocycles. The molecule has 3 heteroatoms. The molecule has 3 aliphatic rings. The second-order valence-corrected chi connectivity index (χ2v) is 12.1. The highest BCUT2D eigenvalue weighted by atomic mass is 19.2. The van der Waals surface area contributed by atoms with Crippen LogP contribution in [-0.4, -0.2) is 6.61 Å². The first-order valence-corrected chi connectivity index (χ1v) is 15.5. The van der Waals surface area contributed by atoms with Crippen LogP contribution in [0.15, 0.2) is 36.4 Å². The van der Waals surface area contributed by atoms with Crippen LogP contribution in [0.3, 0.4) is 0 Å². The Bertz CT molecular complexity index is 874. The molecule has 1 nitrogen and oxygen atoms in total. The Hall–Kier alpha value is -1.64. The van der Waals surface area contributed by atoms with Crippen LogP contribution in [0.2, 0.25) is 0 Å². The van der Waals surface area contributed by atoms with Gasteiger partial charge in [0.1, 0.15) is 0 Å². The molecule has 0 bridgehead atoms. The lowest BCUT2D eigenvalue weighted by Gasteiger charge is -2.40. The molecule has 2 fully saturated rings. The Morgan fingerprint density at radius 2 is 1.51 bits per heavy atom. The van der Waals surface area contributed by atoms with E-state index in [1.54, 1.807) is 19.1 Å². The summed E-state index contributed by atoms with van der Waals surface area (Å²) in [6, 6.07) is 3.21. The molecule has 0 aromatic heterocycles. The molecular weight excluding hydrogens is 462 g/mol. The molecule has 0 radical (unpaired) electrons. The SMILES string of the molecule is CCCCC1C=CC(C2CCC(C3CCC(/C=C/CCc4ccc(OCC)c(F)c4F)CC3)CC2)CC1. The largest absolute Gasteiger partial charge is 0.491 e. The lowest BCUT2D eigenvalue weighted by Crippen LogP contribution is -2.28. The van der Waals surface area contributed by atoms with E-state index in [1.165, 1.54) is 83.5 Å². The molecule has 206 valence electrons. The van der Waals surface area contributed by atoms with E-state index in [0.29, 0.717) is 24.5 Å². The maximum Gasteiger partial charge on any atom is 0.200 e. The van der Waals surface area contributed by atoms with E-state index in [-0.39, 0.29) is 5.75 Å². The fourth-order valence-electron chi connectivity index (χ4n) is 7.41. The Morgan fingerprint density at radius 1 is 0.811 bits per heavy atom. The summed E-state index contributed by atoms with van der Waals surface area (Å²) in [6.45, 7) is 4.41. The van der Waals surface area contributed by atoms with Gasteiger partial charge in [-0.1, -0.05) is 50.1 Å². The maximum atomic E-state index is 14.3. The molecule has 2 unspecified atom stereocenters. The van der Waals surface area contributed by atoms with Crippen LogP contribution < -0.4 is 4.74 Å². The minimum absolute atomic E-state index is 0.00584. The summed E-state index contributed by atoms with van der Waals surface area (Å²) in [4.78, 5) is 0. The first kappa shape index (κ1) is 28.4. The third-order valence-corrected chi connectivity index (χ3v) is 9.75. The van der Waals surface area contributed by atoms with Crippen molar-refractivity contribution in [1.29, 1.82) is 0 Å². The van der Waals surface area contributed by atoms with Gasteiger partial charge in [-0.25, -0.2) is 4.39 Å². The van der Waals surface area contributed by atoms with Crippen molar-refractivity contribution in [2.24, 2.45) is 35.5 Å². The van der Waals surface area contributed by atoms with E-state index in [1.807, 2.05) is 0 Å². The number of allylic oxidation sites excluding steroid dienone is 4. The van der Waals surface area contributed by atoms with Gasteiger partial charge in [0.2, 0.25) is 5.82 Å². The summed E-state index contributed by atoms with van der Waals surface area (Å²) < 4.78 is 33.5. The van der Waals surface area contributed by atoms with E-state index in [0.717, 1.165) is 36.0 Å². The van der Waals surface area contributed by atoms with Crippen LogP contribution in [-0.2, 0) is 6.42 Å². The van der Waals surface area contributed by atoms with E-state index in [4.69, 9.17) is 4.74 Å².